The maximum Gasteiger partial charge on any atom is 0.170 e. The van der Waals surface area contributed by atoms with Crippen LogP contribution in [0.3, 0.4) is 0 Å². The summed E-state index contributed by atoms with van der Waals surface area (Å²) in [6.07, 6.45) is 3.63. The maximum absolute atomic E-state index is 9.13. The van der Waals surface area contributed by atoms with Crippen molar-refractivity contribution in [2.45, 2.75) is 19.4 Å². The van der Waals surface area contributed by atoms with Gasteiger partial charge in [0.05, 0.1) is 28.8 Å². The summed E-state index contributed by atoms with van der Waals surface area (Å²) < 4.78 is 1.99. The molecule has 1 aliphatic carbocycles. The van der Waals surface area contributed by atoms with Gasteiger partial charge in [-0.15, -0.1) is 0 Å². The van der Waals surface area contributed by atoms with Crippen LogP contribution in [0.25, 0.3) is 11.0 Å². The highest BCUT2D eigenvalue weighted by Crippen LogP contribution is 2.46. The predicted molar refractivity (Wildman–Crippen MR) is 69.5 cm³/mol. The number of amidine groups is 1. The molecule has 2 aromatic rings. The van der Waals surface area contributed by atoms with Crippen LogP contribution in [0.2, 0.25) is 0 Å². The number of hydrogen-bond donors (Lipinski definition) is 2. The number of hydrogen-bond acceptors (Lipinski definition) is 4. The molecule has 1 saturated carbocycles. The molecule has 0 unspecified atom stereocenters. The van der Waals surface area contributed by atoms with Crippen LogP contribution < -0.4 is 5.73 Å². The first kappa shape index (κ1) is 11.5. The first-order valence-electron chi connectivity index (χ1n) is 6.01. The molecule has 0 amide bonds. The van der Waals surface area contributed by atoms with Crippen LogP contribution in [-0.4, -0.2) is 20.6 Å². The summed E-state index contributed by atoms with van der Waals surface area (Å²) in [5, 5.41) is 20.8. The third kappa shape index (κ3) is 1.89. The molecule has 1 aliphatic rings. The monoisotopic (exact) mass is 255 g/mol. The van der Waals surface area contributed by atoms with Crippen LogP contribution in [0.1, 0.15) is 18.4 Å². The van der Waals surface area contributed by atoms with E-state index in [-0.39, 0.29) is 11.3 Å². The Morgan fingerprint density at radius 3 is 3.00 bits per heavy atom. The van der Waals surface area contributed by atoms with E-state index < -0.39 is 0 Å². The van der Waals surface area contributed by atoms with Gasteiger partial charge in [-0.1, -0.05) is 5.16 Å². The summed E-state index contributed by atoms with van der Waals surface area (Å²) in [4.78, 5) is 4.30. The van der Waals surface area contributed by atoms with Gasteiger partial charge < -0.3 is 15.5 Å². The molecule has 0 bridgehead atoms. The number of oxime groups is 1. The Labute approximate surface area is 109 Å². The second-order valence-electron chi connectivity index (χ2n) is 4.95. The minimum Gasteiger partial charge on any atom is -0.409 e. The maximum atomic E-state index is 9.13. The van der Waals surface area contributed by atoms with Crippen LogP contribution in [0.5, 0.6) is 0 Å². The molecule has 0 saturated heterocycles. The fourth-order valence-electron chi connectivity index (χ4n) is 2.19. The summed E-state index contributed by atoms with van der Waals surface area (Å²) in [6, 6.07) is 7.80. The molecular weight excluding hydrogens is 242 g/mol. The van der Waals surface area contributed by atoms with Crippen LogP contribution in [0, 0.1) is 16.7 Å². The van der Waals surface area contributed by atoms with Crippen molar-refractivity contribution in [3.8, 4) is 6.07 Å². The van der Waals surface area contributed by atoms with E-state index in [1.165, 1.54) is 0 Å². The molecule has 0 atom stereocenters. The number of fused-ring (bicyclic) bond motifs is 1. The summed E-state index contributed by atoms with van der Waals surface area (Å²) in [6.45, 7) is 0.670. The lowest BCUT2D eigenvalue weighted by atomic mass is 10.1. The lowest BCUT2D eigenvalue weighted by molar-refractivity contribution is 0.318. The first-order chi connectivity index (χ1) is 9.17. The van der Waals surface area contributed by atoms with E-state index in [4.69, 9.17) is 16.2 Å². The summed E-state index contributed by atoms with van der Waals surface area (Å²) in [5.41, 5.74) is 7.69. The van der Waals surface area contributed by atoms with E-state index >= 15 is 0 Å². The largest absolute Gasteiger partial charge is 0.409 e. The molecule has 1 aromatic heterocycles. The number of imidazole rings is 1. The van der Waals surface area contributed by atoms with Gasteiger partial charge in [0.15, 0.2) is 5.84 Å². The summed E-state index contributed by atoms with van der Waals surface area (Å²) in [5.74, 6) is 0.0622. The van der Waals surface area contributed by atoms with Gasteiger partial charge in [-0.2, -0.15) is 5.26 Å². The molecule has 1 heterocycles. The van der Waals surface area contributed by atoms with Gasteiger partial charge in [0.1, 0.15) is 0 Å². The number of nitriles is 1. The van der Waals surface area contributed by atoms with Crippen molar-refractivity contribution in [3.05, 3.63) is 30.1 Å². The normalized spacial score (nSPS) is 17.3. The van der Waals surface area contributed by atoms with Gasteiger partial charge in [-0.05, 0) is 31.0 Å². The predicted octanol–water partition coefficient (Wildman–Crippen LogP) is 1.43. The molecule has 0 spiro atoms. The Morgan fingerprint density at radius 2 is 2.37 bits per heavy atom. The molecule has 3 rings (SSSR count). The molecule has 6 nitrogen and oxygen atoms in total. The fourth-order valence-corrected chi connectivity index (χ4v) is 2.19. The number of rotatable bonds is 3. The van der Waals surface area contributed by atoms with Gasteiger partial charge in [0.2, 0.25) is 0 Å². The van der Waals surface area contributed by atoms with Crippen molar-refractivity contribution >= 4 is 16.9 Å². The fraction of sp³-hybridized carbons (Fsp3) is 0.308. The zero-order chi connectivity index (χ0) is 13.5. The van der Waals surface area contributed by atoms with E-state index in [0.717, 1.165) is 23.9 Å². The van der Waals surface area contributed by atoms with Crippen molar-refractivity contribution < 1.29 is 5.21 Å². The van der Waals surface area contributed by atoms with Gasteiger partial charge in [0, 0.05) is 12.1 Å². The Bertz CT molecular complexity index is 705. The molecule has 0 aliphatic heterocycles. The molecule has 6 heteroatoms. The van der Waals surface area contributed by atoms with Gasteiger partial charge >= 0.3 is 0 Å². The van der Waals surface area contributed by atoms with E-state index in [9.17, 15) is 0 Å². The number of nitrogens with two attached hydrogens (primary N) is 1. The number of benzene rings is 1. The number of aromatic nitrogens is 2. The van der Waals surface area contributed by atoms with Crippen molar-refractivity contribution in [2.24, 2.45) is 16.3 Å². The molecule has 96 valence electrons. The van der Waals surface area contributed by atoms with Gasteiger partial charge in [-0.25, -0.2) is 4.98 Å². The Hall–Kier alpha value is -2.55. The SMILES string of the molecule is N#CC1(Cn2cnc3cc(C(N)=NO)ccc32)CC1. The highest BCUT2D eigenvalue weighted by molar-refractivity contribution is 5.99. The highest BCUT2D eigenvalue weighted by atomic mass is 16.4. The van der Waals surface area contributed by atoms with Gasteiger partial charge in [0.25, 0.3) is 0 Å². The second-order valence-corrected chi connectivity index (χ2v) is 4.95. The average Bonchev–Trinajstić information content (AvgIpc) is 3.12. The Kier molecular flexibility index (Phi) is 2.42. The standard InChI is InChI=1S/C13H13N5O/c14-6-13(3-4-13)7-18-8-16-10-5-9(12(15)17-19)1-2-11(10)18/h1-2,5,8,19H,3-4,7H2,(H2,15,17). The quantitative estimate of drug-likeness (QED) is 0.375. The molecule has 1 aromatic carbocycles. The van der Waals surface area contributed by atoms with E-state index in [1.807, 2.05) is 10.6 Å². The van der Waals surface area contributed by atoms with Crippen molar-refractivity contribution in [3.63, 3.8) is 0 Å². The lowest BCUT2D eigenvalue weighted by Gasteiger charge is -2.08. The van der Waals surface area contributed by atoms with E-state index in [0.29, 0.717) is 12.1 Å². The topological polar surface area (TPSA) is 100 Å². The van der Waals surface area contributed by atoms with Crippen LogP contribution >= 0.6 is 0 Å². The highest BCUT2D eigenvalue weighted by Gasteiger charge is 2.43. The average molecular weight is 255 g/mol. The molecule has 0 radical (unpaired) electrons. The zero-order valence-corrected chi connectivity index (χ0v) is 10.2. The van der Waals surface area contributed by atoms with Crippen LogP contribution in [-0.2, 0) is 6.54 Å². The summed E-state index contributed by atoms with van der Waals surface area (Å²) in [7, 11) is 0. The van der Waals surface area contributed by atoms with Crippen molar-refractivity contribution in [1.82, 2.24) is 9.55 Å². The third-order valence-corrected chi connectivity index (χ3v) is 3.59. The van der Waals surface area contributed by atoms with Crippen LogP contribution in [0.15, 0.2) is 29.7 Å². The van der Waals surface area contributed by atoms with Gasteiger partial charge in [-0.3, -0.25) is 0 Å². The lowest BCUT2D eigenvalue weighted by Crippen LogP contribution is -2.13. The number of nitrogens with zero attached hydrogens (tertiary/aromatic N) is 4. The molecule has 1 fully saturated rings. The third-order valence-electron chi connectivity index (χ3n) is 3.59. The smallest absolute Gasteiger partial charge is 0.170 e. The zero-order valence-electron chi connectivity index (χ0n) is 10.2. The van der Waals surface area contributed by atoms with Crippen molar-refractivity contribution in [1.29, 1.82) is 5.26 Å². The van der Waals surface area contributed by atoms with Crippen LogP contribution in [0.4, 0.5) is 0 Å². The van der Waals surface area contributed by atoms with E-state index in [2.05, 4.69) is 16.2 Å². The molecule has 3 N–H and O–H groups in total. The second kappa shape index (κ2) is 3.99. The Morgan fingerprint density at radius 1 is 1.58 bits per heavy atom. The van der Waals surface area contributed by atoms with E-state index in [1.54, 1.807) is 18.5 Å². The minimum atomic E-state index is -0.210. The van der Waals surface area contributed by atoms with Crippen molar-refractivity contribution in [2.75, 3.05) is 0 Å². The molecular formula is C13H13N5O. The minimum absolute atomic E-state index is 0.0622. The first-order valence-corrected chi connectivity index (χ1v) is 6.01. The Balaban J connectivity index is 1.99. The summed E-state index contributed by atoms with van der Waals surface area (Å²) >= 11 is 0. The molecule has 19 heavy (non-hydrogen) atoms.